The maximum atomic E-state index is 6.49. The Morgan fingerprint density at radius 1 is 0.744 bits per heavy atom. The first-order valence-corrected chi connectivity index (χ1v) is 13.8. The zero-order valence-corrected chi connectivity index (χ0v) is 22.3. The summed E-state index contributed by atoms with van der Waals surface area (Å²) in [6.07, 6.45) is 0. The molecule has 0 fully saturated rings. The van der Waals surface area contributed by atoms with Crippen molar-refractivity contribution in [1.82, 2.24) is 9.55 Å². The molecule has 3 heteroatoms. The third-order valence-corrected chi connectivity index (χ3v) is 8.41. The molecule has 0 spiro atoms. The molecule has 39 heavy (non-hydrogen) atoms. The van der Waals surface area contributed by atoms with Crippen LogP contribution in [0.4, 0.5) is 0 Å². The van der Waals surface area contributed by atoms with Crippen LogP contribution in [0.2, 0.25) is 0 Å². The average Bonchev–Trinajstić information content (AvgIpc) is 3.55. The second kappa shape index (κ2) is 8.18. The quantitative estimate of drug-likeness (QED) is 0.240. The van der Waals surface area contributed by atoms with Crippen molar-refractivity contribution < 1.29 is 4.42 Å². The Labute approximate surface area is 227 Å². The number of nitrogens with zero attached hydrogens (tertiary/aromatic N) is 2. The van der Waals surface area contributed by atoms with Crippen LogP contribution >= 0.6 is 0 Å². The lowest BCUT2D eigenvalue weighted by Gasteiger charge is -2.30. The molecule has 0 saturated heterocycles. The predicted octanol–water partition coefficient (Wildman–Crippen LogP) is 9.85. The Kier molecular flexibility index (Phi) is 4.69. The van der Waals surface area contributed by atoms with Crippen molar-refractivity contribution in [1.29, 1.82) is 0 Å². The molecule has 0 saturated carbocycles. The number of fused-ring (bicyclic) bond motifs is 5. The van der Waals surface area contributed by atoms with Gasteiger partial charge in [-0.05, 0) is 64.1 Å². The van der Waals surface area contributed by atoms with E-state index in [-0.39, 0.29) is 5.92 Å². The SMILES string of the molecule is CC(C)c1cc(-c2ccccc2)cc2c1-n1c(-c3cccc4c3oc3ccccc34)nc3cccc(c31)C2C. The standard InChI is InChI=1S/C36H28N2O/c1-21(2)29-19-24(23-11-5-4-6-12-23)20-30-22(3)25-14-10-17-31-34(25)38(33(29)30)36(37-31)28-16-9-15-27-26-13-7-8-18-32(26)39-35(27)28/h4-22H,1-3H3. The molecule has 0 bridgehead atoms. The van der Waals surface area contributed by atoms with E-state index in [1.54, 1.807) is 0 Å². The van der Waals surface area contributed by atoms with Gasteiger partial charge in [0.05, 0.1) is 22.3 Å². The lowest BCUT2D eigenvalue weighted by Crippen LogP contribution is -2.16. The van der Waals surface area contributed by atoms with Gasteiger partial charge >= 0.3 is 0 Å². The van der Waals surface area contributed by atoms with Gasteiger partial charge in [-0.3, -0.25) is 4.57 Å². The monoisotopic (exact) mass is 504 g/mol. The molecule has 1 unspecified atom stereocenters. The summed E-state index contributed by atoms with van der Waals surface area (Å²) in [6.45, 7) is 6.93. The zero-order valence-electron chi connectivity index (χ0n) is 22.3. The van der Waals surface area contributed by atoms with Crippen molar-refractivity contribution in [2.75, 3.05) is 0 Å². The third-order valence-electron chi connectivity index (χ3n) is 8.41. The second-order valence-corrected chi connectivity index (χ2v) is 11.0. The second-order valence-electron chi connectivity index (χ2n) is 11.0. The Balaban J connectivity index is 1.49. The van der Waals surface area contributed by atoms with E-state index in [0.29, 0.717) is 5.92 Å². The highest BCUT2D eigenvalue weighted by Crippen LogP contribution is 2.47. The van der Waals surface area contributed by atoms with Crippen molar-refractivity contribution in [3.8, 4) is 28.2 Å². The van der Waals surface area contributed by atoms with E-state index in [9.17, 15) is 0 Å². The van der Waals surface area contributed by atoms with Gasteiger partial charge in [-0.1, -0.05) is 93.6 Å². The lowest BCUT2D eigenvalue weighted by molar-refractivity contribution is 0.669. The normalized spacial score (nSPS) is 14.5. The van der Waals surface area contributed by atoms with Crippen LogP contribution in [-0.2, 0) is 0 Å². The fourth-order valence-electron chi connectivity index (χ4n) is 6.50. The number of hydrogen-bond acceptors (Lipinski definition) is 2. The first-order chi connectivity index (χ1) is 19.1. The number of benzene rings is 5. The topological polar surface area (TPSA) is 31.0 Å². The number of furan rings is 1. The molecule has 8 rings (SSSR count). The lowest BCUT2D eigenvalue weighted by atomic mass is 9.82. The summed E-state index contributed by atoms with van der Waals surface area (Å²) in [5.74, 6) is 1.53. The minimum atomic E-state index is 0.254. The molecule has 3 heterocycles. The molecule has 0 radical (unpaired) electrons. The van der Waals surface area contributed by atoms with E-state index < -0.39 is 0 Å². The zero-order chi connectivity index (χ0) is 26.2. The smallest absolute Gasteiger partial charge is 0.149 e. The first-order valence-electron chi connectivity index (χ1n) is 13.8. The van der Waals surface area contributed by atoms with Gasteiger partial charge in [-0.25, -0.2) is 4.98 Å². The molecule has 188 valence electrons. The summed E-state index contributed by atoms with van der Waals surface area (Å²) < 4.78 is 8.91. The molecule has 3 nitrogen and oxygen atoms in total. The van der Waals surface area contributed by atoms with Crippen LogP contribution < -0.4 is 0 Å². The minimum Gasteiger partial charge on any atom is -0.455 e. The van der Waals surface area contributed by atoms with Crippen molar-refractivity contribution in [3.05, 3.63) is 120 Å². The average molecular weight is 505 g/mol. The van der Waals surface area contributed by atoms with E-state index in [0.717, 1.165) is 38.8 Å². The molecule has 0 amide bonds. The molecule has 1 aliphatic rings. The maximum Gasteiger partial charge on any atom is 0.149 e. The third kappa shape index (κ3) is 3.13. The molecule has 0 aliphatic carbocycles. The van der Waals surface area contributed by atoms with Crippen LogP contribution in [0.5, 0.6) is 0 Å². The van der Waals surface area contributed by atoms with Gasteiger partial charge in [-0.2, -0.15) is 0 Å². The van der Waals surface area contributed by atoms with Crippen LogP contribution in [-0.4, -0.2) is 9.55 Å². The number of imidazole rings is 1. The number of para-hydroxylation sites is 3. The molecular formula is C36H28N2O. The molecule has 0 N–H and O–H groups in total. The highest BCUT2D eigenvalue weighted by Gasteiger charge is 2.32. The fraction of sp³-hybridized carbons (Fsp3) is 0.139. The maximum absolute atomic E-state index is 6.49. The molecule has 2 aromatic heterocycles. The summed E-state index contributed by atoms with van der Waals surface area (Å²) in [5, 5.41) is 2.25. The van der Waals surface area contributed by atoms with Gasteiger partial charge in [0, 0.05) is 16.7 Å². The van der Waals surface area contributed by atoms with Crippen molar-refractivity contribution >= 4 is 33.0 Å². The van der Waals surface area contributed by atoms with Gasteiger partial charge in [0.15, 0.2) is 0 Å². The Morgan fingerprint density at radius 2 is 1.51 bits per heavy atom. The van der Waals surface area contributed by atoms with E-state index in [2.05, 4.69) is 116 Å². The Bertz CT molecular complexity index is 2060. The van der Waals surface area contributed by atoms with Gasteiger partial charge in [-0.15, -0.1) is 0 Å². The Hall–Kier alpha value is -4.63. The number of rotatable bonds is 3. The van der Waals surface area contributed by atoms with Crippen LogP contribution in [0.15, 0.2) is 108 Å². The summed E-state index contributed by atoms with van der Waals surface area (Å²) in [5.41, 5.74) is 12.8. The highest BCUT2D eigenvalue weighted by molar-refractivity contribution is 6.09. The van der Waals surface area contributed by atoms with E-state index in [4.69, 9.17) is 9.40 Å². The van der Waals surface area contributed by atoms with Crippen LogP contribution in [0.25, 0.3) is 61.2 Å². The van der Waals surface area contributed by atoms with E-state index in [1.165, 1.54) is 39.0 Å². The largest absolute Gasteiger partial charge is 0.455 e. The van der Waals surface area contributed by atoms with Crippen molar-refractivity contribution in [2.45, 2.75) is 32.6 Å². The minimum absolute atomic E-state index is 0.254. The van der Waals surface area contributed by atoms with Crippen LogP contribution in [0, 0.1) is 0 Å². The van der Waals surface area contributed by atoms with Crippen LogP contribution in [0.3, 0.4) is 0 Å². The number of aromatic nitrogens is 2. The van der Waals surface area contributed by atoms with Gasteiger partial charge in [0.2, 0.25) is 0 Å². The van der Waals surface area contributed by atoms with Gasteiger partial charge in [0.25, 0.3) is 0 Å². The fourth-order valence-corrected chi connectivity index (χ4v) is 6.50. The first kappa shape index (κ1) is 22.4. The molecule has 5 aromatic carbocycles. The van der Waals surface area contributed by atoms with Crippen LogP contribution in [0.1, 0.15) is 49.3 Å². The summed E-state index contributed by atoms with van der Waals surface area (Å²) >= 11 is 0. The summed E-state index contributed by atoms with van der Waals surface area (Å²) in [4.78, 5) is 5.29. The van der Waals surface area contributed by atoms with Crippen molar-refractivity contribution in [3.63, 3.8) is 0 Å². The summed E-state index contributed by atoms with van der Waals surface area (Å²) in [7, 11) is 0. The molecule has 1 atom stereocenters. The molecule has 1 aliphatic heterocycles. The highest BCUT2D eigenvalue weighted by atomic mass is 16.3. The molecular weight excluding hydrogens is 476 g/mol. The number of hydrogen-bond donors (Lipinski definition) is 0. The molecule has 7 aromatic rings. The predicted molar refractivity (Wildman–Crippen MR) is 161 cm³/mol. The van der Waals surface area contributed by atoms with Gasteiger partial charge < -0.3 is 4.42 Å². The summed E-state index contributed by atoms with van der Waals surface area (Å²) in [6, 6.07) is 36.8. The van der Waals surface area contributed by atoms with Crippen molar-refractivity contribution in [2.24, 2.45) is 0 Å². The van der Waals surface area contributed by atoms with E-state index >= 15 is 0 Å². The van der Waals surface area contributed by atoms with E-state index in [1.807, 2.05) is 12.1 Å². The van der Waals surface area contributed by atoms with Gasteiger partial charge in [0.1, 0.15) is 17.0 Å². The Morgan fingerprint density at radius 3 is 2.36 bits per heavy atom.